The monoisotopic (exact) mass is 579 g/mol. The first kappa shape index (κ1) is 27.5. The Morgan fingerprint density at radius 3 is 2.14 bits per heavy atom. The van der Waals surface area contributed by atoms with Gasteiger partial charge in [-0.1, -0.05) is 54.6 Å². The van der Waals surface area contributed by atoms with Gasteiger partial charge in [0.2, 0.25) is 5.95 Å². The van der Waals surface area contributed by atoms with E-state index in [-0.39, 0.29) is 30.1 Å². The number of amides is 1. The minimum atomic E-state index is -0.831. The Labute approximate surface area is 244 Å². The topological polar surface area (TPSA) is 155 Å². The third-order valence-electron chi connectivity index (χ3n) is 6.85. The van der Waals surface area contributed by atoms with Crippen molar-refractivity contribution >= 4 is 35.0 Å². The molecule has 1 fully saturated rings. The third-order valence-corrected chi connectivity index (χ3v) is 6.85. The molecule has 0 saturated carbocycles. The summed E-state index contributed by atoms with van der Waals surface area (Å²) >= 11 is 0. The Hall–Kier alpha value is -5.62. The van der Waals surface area contributed by atoms with Crippen LogP contribution in [-0.2, 0) is 14.2 Å². The molecule has 1 saturated heterocycles. The second-order valence-corrected chi connectivity index (χ2v) is 9.70. The van der Waals surface area contributed by atoms with Gasteiger partial charge in [0, 0.05) is 12.0 Å². The van der Waals surface area contributed by atoms with Crippen LogP contribution in [0, 0.1) is 0 Å². The lowest BCUT2D eigenvalue weighted by Crippen LogP contribution is -2.32. The molecule has 1 aliphatic heterocycles. The number of esters is 2. The molecule has 12 nitrogen and oxygen atoms in total. The first-order valence-corrected chi connectivity index (χ1v) is 13.4. The number of benzene rings is 3. The van der Waals surface area contributed by atoms with Gasteiger partial charge in [-0.15, -0.1) is 0 Å². The van der Waals surface area contributed by atoms with Crippen LogP contribution in [0.15, 0.2) is 102 Å². The van der Waals surface area contributed by atoms with Gasteiger partial charge in [0.15, 0.2) is 11.2 Å². The SMILES string of the molecule is O=C(Nc1nc2c(ncn2C2CC(OC(=O)c3ccccc3)C(COC(=O)c3ccccc3)O2)c(=O)[nH]1)c1ccccc1. The number of anilines is 1. The molecule has 0 spiro atoms. The van der Waals surface area contributed by atoms with E-state index in [0.29, 0.717) is 16.7 Å². The molecule has 1 amide bonds. The molecule has 5 aromatic rings. The summed E-state index contributed by atoms with van der Waals surface area (Å²) in [5, 5.41) is 2.59. The van der Waals surface area contributed by atoms with E-state index in [0.717, 1.165) is 0 Å². The van der Waals surface area contributed by atoms with Crippen LogP contribution in [0.4, 0.5) is 5.95 Å². The van der Waals surface area contributed by atoms with Crippen molar-refractivity contribution < 1.29 is 28.6 Å². The Morgan fingerprint density at radius 2 is 1.49 bits per heavy atom. The smallest absolute Gasteiger partial charge is 0.338 e. The molecule has 0 radical (unpaired) electrons. The standard InChI is InChI=1S/C31H25N5O7/c37-27(19-10-4-1-5-11-19)34-31-33-26-25(28(38)35-31)32-18-36(26)24-16-22(43-30(40)21-14-8-3-9-15-21)23(42-24)17-41-29(39)20-12-6-2-7-13-20/h1-15,18,22-24H,16-17H2,(H2,33,34,35,37,38). The fourth-order valence-electron chi connectivity index (χ4n) is 4.71. The van der Waals surface area contributed by atoms with Gasteiger partial charge in [0.25, 0.3) is 11.5 Å². The molecule has 2 aromatic heterocycles. The highest BCUT2D eigenvalue weighted by Crippen LogP contribution is 2.33. The van der Waals surface area contributed by atoms with Crippen LogP contribution in [0.5, 0.6) is 0 Å². The number of aromatic amines is 1. The van der Waals surface area contributed by atoms with E-state index in [4.69, 9.17) is 14.2 Å². The first-order chi connectivity index (χ1) is 21.0. The lowest BCUT2D eigenvalue weighted by atomic mass is 10.1. The summed E-state index contributed by atoms with van der Waals surface area (Å²) in [4.78, 5) is 62.1. The summed E-state index contributed by atoms with van der Waals surface area (Å²) in [6.45, 7) is -0.198. The van der Waals surface area contributed by atoms with E-state index in [1.165, 1.54) is 10.9 Å². The zero-order valence-electron chi connectivity index (χ0n) is 22.6. The maximum atomic E-state index is 12.9. The number of fused-ring (bicyclic) bond motifs is 1. The molecule has 43 heavy (non-hydrogen) atoms. The number of nitrogens with one attached hydrogen (secondary N) is 2. The van der Waals surface area contributed by atoms with Gasteiger partial charge in [-0.25, -0.2) is 14.6 Å². The number of imidazole rings is 1. The van der Waals surface area contributed by atoms with Gasteiger partial charge in [-0.2, -0.15) is 4.98 Å². The number of carbonyl (C=O) groups excluding carboxylic acids is 3. The maximum absolute atomic E-state index is 12.9. The van der Waals surface area contributed by atoms with Crippen molar-refractivity contribution in [3.8, 4) is 0 Å². The molecular formula is C31H25N5O7. The summed E-state index contributed by atoms with van der Waals surface area (Å²) in [6.07, 6.45) is -0.891. The quantitative estimate of drug-likeness (QED) is 0.262. The molecule has 3 unspecified atom stereocenters. The van der Waals surface area contributed by atoms with Crippen molar-refractivity contribution in [2.24, 2.45) is 0 Å². The summed E-state index contributed by atoms with van der Waals surface area (Å²) in [5.74, 6) is -1.66. The van der Waals surface area contributed by atoms with E-state index in [2.05, 4.69) is 20.3 Å². The van der Waals surface area contributed by atoms with Gasteiger partial charge < -0.3 is 14.2 Å². The largest absolute Gasteiger partial charge is 0.459 e. The molecule has 216 valence electrons. The van der Waals surface area contributed by atoms with Crippen molar-refractivity contribution in [2.75, 3.05) is 11.9 Å². The van der Waals surface area contributed by atoms with E-state index in [9.17, 15) is 19.2 Å². The molecule has 12 heteroatoms. The summed E-state index contributed by atoms with van der Waals surface area (Å²) in [6, 6.07) is 25.4. The molecule has 6 rings (SSSR count). The van der Waals surface area contributed by atoms with Crippen LogP contribution in [0.3, 0.4) is 0 Å². The van der Waals surface area contributed by atoms with Gasteiger partial charge in [0.05, 0.1) is 17.5 Å². The van der Waals surface area contributed by atoms with E-state index < -0.39 is 41.8 Å². The van der Waals surface area contributed by atoms with Crippen molar-refractivity contribution in [3.63, 3.8) is 0 Å². The average Bonchev–Trinajstić information content (AvgIpc) is 3.65. The minimum Gasteiger partial charge on any atom is -0.459 e. The fourth-order valence-corrected chi connectivity index (χ4v) is 4.71. The lowest BCUT2D eigenvalue weighted by molar-refractivity contribution is -0.0563. The molecule has 3 aromatic carbocycles. The predicted octanol–water partition coefficient (Wildman–Crippen LogP) is 3.74. The number of ether oxygens (including phenoxy) is 3. The Morgan fingerprint density at radius 1 is 0.884 bits per heavy atom. The number of carbonyl (C=O) groups is 3. The minimum absolute atomic E-state index is 0.0260. The zero-order valence-corrected chi connectivity index (χ0v) is 22.6. The van der Waals surface area contributed by atoms with Crippen molar-refractivity contribution in [3.05, 3.63) is 124 Å². The van der Waals surface area contributed by atoms with Gasteiger partial charge >= 0.3 is 11.9 Å². The summed E-state index contributed by atoms with van der Waals surface area (Å²) in [7, 11) is 0. The van der Waals surface area contributed by atoms with Crippen LogP contribution >= 0.6 is 0 Å². The number of rotatable bonds is 8. The van der Waals surface area contributed by atoms with E-state index in [1.54, 1.807) is 91.0 Å². The molecule has 3 heterocycles. The summed E-state index contributed by atoms with van der Waals surface area (Å²) in [5.41, 5.74) is 0.708. The van der Waals surface area contributed by atoms with E-state index in [1.807, 2.05) is 0 Å². The number of aromatic nitrogens is 4. The lowest BCUT2D eigenvalue weighted by Gasteiger charge is -2.19. The second kappa shape index (κ2) is 12.1. The predicted molar refractivity (Wildman–Crippen MR) is 153 cm³/mol. The van der Waals surface area contributed by atoms with Crippen molar-refractivity contribution in [1.29, 1.82) is 0 Å². The number of H-pyrrole nitrogens is 1. The molecule has 0 bridgehead atoms. The fraction of sp³-hybridized carbons (Fsp3) is 0.161. The number of hydrogen-bond acceptors (Lipinski definition) is 9. The highest BCUT2D eigenvalue weighted by atomic mass is 16.6. The molecule has 2 N–H and O–H groups in total. The van der Waals surface area contributed by atoms with Gasteiger partial charge in [-0.05, 0) is 36.4 Å². The van der Waals surface area contributed by atoms with Crippen LogP contribution in [-0.4, -0.2) is 56.2 Å². The highest BCUT2D eigenvalue weighted by molar-refractivity contribution is 6.03. The third kappa shape index (κ3) is 6.04. The Bertz CT molecular complexity index is 1820. The normalized spacial score (nSPS) is 17.8. The van der Waals surface area contributed by atoms with E-state index >= 15 is 0 Å². The van der Waals surface area contributed by atoms with Crippen LogP contribution in [0.25, 0.3) is 11.2 Å². The maximum Gasteiger partial charge on any atom is 0.338 e. The van der Waals surface area contributed by atoms with Crippen molar-refractivity contribution in [1.82, 2.24) is 19.5 Å². The number of hydrogen-bond donors (Lipinski definition) is 2. The second-order valence-electron chi connectivity index (χ2n) is 9.70. The molecule has 0 aliphatic carbocycles. The van der Waals surface area contributed by atoms with Gasteiger partial charge in [-0.3, -0.25) is 24.5 Å². The summed E-state index contributed by atoms with van der Waals surface area (Å²) < 4.78 is 19.0. The van der Waals surface area contributed by atoms with Crippen molar-refractivity contribution in [2.45, 2.75) is 24.9 Å². The van der Waals surface area contributed by atoms with Crippen LogP contribution < -0.4 is 10.9 Å². The molecule has 3 atom stereocenters. The Kier molecular flexibility index (Phi) is 7.74. The first-order valence-electron chi connectivity index (χ1n) is 13.4. The van der Waals surface area contributed by atoms with Gasteiger partial charge in [0.1, 0.15) is 25.0 Å². The highest BCUT2D eigenvalue weighted by Gasteiger charge is 2.41. The average molecular weight is 580 g/mol. The number of nitrogens with zero attached hydrogens (tertiary/aromatic N) is 3. The zero-order chi connectivity index (χ0) is 29.8. The Balaban J connectivity index is 1.25. The van der Waals surface area contributed by atoms with Crippen LogP contribution in [0.1, 0.15) is 43.7 Å². The molecular weight excluding hydrogens is 554 g/mol. The molecule has 1 aliphatic rings. The van der Waals surface area contributed by atoms with Crippen LogP contribution in [0.2, 0.25) is 0 Å².